The van der Waals surface area contributed by atoms with Crippen LogP contribution in [0.3, 0.4) is 0 Å². The third-order valence-electron chi connectivity index (χ3n) is 5.60. The predicted molar refractivity (Wildman–Crippen MR) is 114 cm³/mol. The average molecular weight is 389 g/mol. The van der Waals surface area contributed by atoms with Gasteiger partial charge in [-0.05, 0) is 43.4 Å². The lowest BCUT2D eigenvalue weighted by atomic mass is 9.97. The van der Waals surface area contributed by atoms with Crippen LogP contribution in [0.4, 0.5) is 10.5 Å². The van der Waals surface area contributed by atoms with Gasteiger partial charge in [-0.2, -0.15) is 0 Å². The lowest BCUT2D eigenvalue weighted by molar-refractivity contribution is -0.121. The number of hydrogen-bond acceptors (Lipinski definition) is 2. The van der Waals surface area contributed by atoms with Gasteiger partial charge < -0.3 is 15.3 Å². The number of likely N-dealkylation sites (tertiary alicyclic amines) is 1. The van der Waals surface area contributed by atoms with Crippen molar-refractivity contribution >= 4 is 17.7 Å². The summed E-state index contributed by atoms with van der Waals surface area (Å²) in [6.07, 6.45) is 12.2. The van der Waals surface area contributed by atoms with E-state index in [1.54, 1.807) is 0 Å². The van der Waals surface area contributed by atoms with Crippen molar-refractivity contribution in [3.8, 4) is 0 Å². The van der Waals surface area contributed by atoms with Gasteiger partial charge >= 0.3 is 6.09 Å². The predicted octanol–water partition coefficient (Wildman–Crippen LogP) is 5.70. The van der Waals surface area contributed by atoms with Crippen molar-refractivity contribution in [3.63, 3.8) is 0 Å². The Morgan fingerprint density at radius 2 is 1.68 bits per heavy atom. The van der Waals surface area contributed by atoms with Crippen molar-refractivity contribution in [2.24, 2.45) is 5.92 Å². The molecule has 0 bridgehead atoms. The normalized spacial score (nSPS) is 16.8. The number of carbonyl (C=O) groups is 2. The number of nitrogens with zero attached hydrogens (tertiary/aromatic N) is 1. The van der Waals surface area contributed by atoms with E-state index < -0.39 is 6.09 Å². The Morgan fingerprint density at radius 3 is 2.32 bits per heavy atom. The van der Waals surface area contributed by atoms with E-state index in [2.05, 4.69) is 24.4 Å². The SMILES string of the molecule is CCCCCCCCCCc1ccc(NC(=O)[C@@H]2CCCN(C(=O)O)C2)cc1. The van der Waals surface area contributed by atoms with Gasteiger partial charge in [0.2, 0.25) is 5.91 Å². The van der Waals surface area contributed by atoms with Gasteiger partial charge in [0.1, 0.15) is 0 Å². The number of aryl methyl sites for hydroxylation is 1. The second kappa shape index (κ2) is 12.4. The summed E-state index contributed by atoms with van der Waals surface area (Å²) in [5, 5.41) is 12.0. The summed E-state index contributed by atoms with van der Waals surface area (Å²) < 4.78 is 0. The molecule has 28 heavy (non-hydrogen) atoms. The number of rotatable bonds is 11. The summed E-state index contributed by atoms with van der Waals surface area (Å²) in [5.74, 6) is -0.344. The van der Waals surface area contributed by atoms with Gasteiger partial charge in [-0.3, -0.25) is 4.79 Å². The Labute approximate surface area is 169 Å². The fraction of sp³-hybridized carbons (Fsp3) is 0.652. The van der Waals surface area contributed by atoms with Crippen LogP contribution in [-0.2, 0) is 11.2 Å². The molecular formula is C23H36N2O3. The highest BCUT2D eigenvalue weighted by atomic mass is 16.4. The number of hydrogen-bond donors (Lipinski definition) is 2. The molecule has 1 aromatic rings. The van der Waals surface area contributed by atoms with Crippen LogP contribution in [0, 0.1) is 5.92 Å². The fourth-order valence-electron chi connectivity index (χ4n) is 3.83. The van der Waals surface area contributed by atoms with Crippen molar-refractivity contribution in [2.75, 3.05) is 18.4 Å². The smallest absolute Gasteiger partial charge is 0.407 e. The van der Waals surface area contributed by atoms with E-state index in [9.17, 15) is 9.59 Å². The van der Waals surface area contributed by atoms with Gasteiger partial charge in [-0.25, -0.2) is 4.79 Å². The molecule has 2 amide bonds. The van der Waals surface area contributed by atoms with E-state index in [0.29, 0.717) is 6.54 Å². The number of anilines is 1. The summed E-state index contributed by atoms with van der Waals surface area (Å²) in [5.41, 5.74) is 2.09. The highest BCUT2D eigenvalue weighted by Crippen LogP contribution is 2.20. The van der Waals surface area contributed by atoms with Crippen LogP contribution in [0.25, 0.3) is 0 Å². The quantitative estimate of drug-likeness (QED) is 0.478. The largest absolute Gasteiger partial charge is 0.465 e. The fourth-order valence-corrected chi connectivity index (χ4v) is 3.83. The van der Waals surface area contributed by atoms with Crippen LogP contribution in [0.2, 0.25) is 0 Å². The first-order chi connectivity index (χ1) is 13.6. The van der Waals surface area contributed by atoms with Crippen molar-refractivity contribution in [1.82, 2.24) is 4.90 Å². The lowest BCUT2D eigenvalue weighted by Gasteiger charge is -2.29. The molecule has 0 aliphatic carbocycles. The second-order valence-electron chi connectivity index (χ2n) is 7.98. The molecule has 0 spiro atoms. The molecule has 1 aliphatic heterocycles. The van der Waals surface area contributed by atoms with Crippen LogP contribution in [-0.4, -0.2) is 35.1 Å². The van der Waals surface area contributed by atoms with E-state index in [0.717, 1.165) is 24.9 Å². The standard InChI is InChI=1S/C23H36N2O3/c1-2-3-4-5-6-7-8-9-11-19-13-15-21(16-14-19)24-22(26)20-12-10-17-25(18-20)23(27)28/h13-16,20H,2-12,17-18H2,1H3,(H,24,26)(H,27,28)/t20-/m1/s1. The molecule has 1 atom stereocenters. The molecule has 156 valence electrons. The van der Waals surface area contributed by atoms with Crippen molar-refractivity contribution in [2.45, 2.75) is 77.6 Å². The Balaban J connectivity index is 1.66. The van der Waals surface area contributed by atoms with Crippen LogP contribution >= 0.6 is 0 Å². The maximum absolute atomic E-state index is 12.4. The third kappa shape index (κ3) is 7.91. The number of carbonyl (C=O) groups excluding carboxylic acids is 1. The molecule has 1 aromatic carbocycles. The highest BCUT2D eigenvalue weighted by molar-refractivity contribution is 5.93. The zero-order valence-corrected chi connectivity index (χ0v) is 17.3. The Kier molecular flexibility index (Phi) is 9.87. The van der Waals surface area contributed by atoms with E-state index in [1.807, 2.05) is 12.1 Å². The molecule has 5 nitrogen and oxygen atoms in total. The maximum Gasteiger partial charge on any atom is 0.407 e. The molecular weight excluding hydrogens is 352 g/mol. The number of piperidine rings is 1. The molecule has 0 saturated carbocycles. The van der Waals surface area contributed by atoms with Crippen molar-refractivity contribution in [3.05, 3.63) is 29.8 Å². The van der Waals surface area contributed by atoms with Crippen molar-refractivity contribution < 1.29 is 14.7 Å². The van der Waals surface area contributed by atoms with Gasteiger partial charge in [-0.15, -0.1) is 0 Å². The highest BCUT2D eigenvalue weighted by Gasteiger charge is 2.28. The molecule has 0 radical (unpaired) electrons. The maximum atomic E-state index is 12.4. The van der Waals surface area contributed by atoms with Crippen LogP contribution in [0.5, 0.6) is 0 Å². The molecule has 0 unspecified atom stereocenters. The van der Waals surface area contributed by atoms with Crippen LogP contribution in [0.15, 0.2) is 24.3 Å². The van der Waals surface area contributed by atoms with Crippen LogP contribution < -0.4 is 5.32 Å². The first-order valence-corrected chi connectivity index (χ1v) is 11.0. The first kappa shape index (κ1) is 22.3. The zero-order valence-electron chi connectivity index (χ0n) is 17.3. The topological polar surface area (TPSA) is 69.6 Å². The second-order valence-corrected chi connectivity index (χ2v) is 7.98. The van der Waals surface area contributed by atoms with E-state index in [4.69, 9.17) is 5.11 Å². The summed E-state index contributed by atoms with van der Waals surface area (Å²) in [6.45, 7) is 3.06. The minimum absolute atomic E-state index is 0.0817. The van der Waals surface area contributed by atoms with Gasteiger partial charge in [0, 0.05) is 18.8 Å². The molecule has 1 heterocycles. The van der Waals surface area contributed by atoms with Gasteiger partial charge in [0.05, 0.1) is 5.92 Å². The number of amides is 2. The van der Waals surface area contributed by atoms with E-state index >= 15 is 0 Å². The number of carboxylic acid groups (broad SMARTS) is 1. The lowest BCUT2D eigenvalue weighted by Crippen LogP contribution is -2.43. The van der Waals surface area contributed by atoms with Gasteiger partial charge in [0.15, 0.2) is 0 Å². The zero-order chi connectivity index (χ0) is 20.2. The van der Waals surface area contributed by atoms with Gasteiger partial charge in [-0.1, -0.05) is 64.0 Å². The molecule has 2 N–H and O–H groups in total. The van der Waals surface area contributed by atoms with E-state index in [-0.39, 0.29) is 18.4 Å². The summed E-state index contributed by atoms with van der Waals surface area (Å²) >= 11 is 0. The van der Waals surface area contributed by atoms with Crippen molar-refractivity contribution in [1.29, 1.82) is 0 Å². The number of benzene rings is 1. The number of unbranched alkanes of at least 4 members (excludes halogenated alkanes) is 7. The molecule has 1 fully saturated rings. The minimum atomic E-state index is -0.942. The molecule has 5 heteroatoms. The third-order valence-corrected chi connectivity index (χ3v) is 5.60. The molecule has 1 aliphatic rings. The molecule has 2 rings (SSSR count). The summed E-state index contributed by atoms with van der Waals surface area (Å²) in [4.78, 5) is 24.9. The Bertz CT molecular complexity index is 600. The molecule has 0 aromatic heterocycles. The molecule has 1 saturated heterocycles. The monoisotopic (exact) mass is 388 g/mol. The van der Waals surface area contributed by atoms with Crippen LogP contribution in [0.1, 0.15) is 76.7 Å². The average Bonchev–Trinajstić information content (AvgIpc) is 2.71. The first-order valence-electron chi connectivity index (χ1n) is 11.0. The minimum Gasteiger partial charge on any atom is -0.465 e. The Morgan fingerprint density at radius 1 is 1.04 bits per heavy atom. The van der Waals surface area contributed by atoms with E-state index in [1.165, 1.54) is 61.8 Å². The van der Waals surface area contributed by atoms with Gasteiger partial charge in [0.25, 0.3) is 0 Å². The summed E-state index contributed by atoms with van der Waals surface area (Å²) in [7, 11) is 0. The number of nitrogens with one attached hydrogen (secondary N) is 1. The Hall–Kier alpha value is -2.04. The summed E-state index contributed by atoms with van der Waals surface area (Å²) in [6, 6.07) is 8.08.